The topological polar surface area (TPSA) is 57.0 Å². The number of carbonyl (C=O) groups excluding carboxylic acids is 1. The summed E-state index contributed by atoms with van der Waals surface area (Å²) in [5.41, 5.74) is 5.68. The highest BCUT2D eigenvalue weighted by Gasteiger charge is 2.19. The molecule has 0 unspecified atom stereocenters. The van der Waals surface area contributed by atoms with Gasteiger partial charge in [-0.1, -0.05) is 78.9 Å². The Morgan fingerprint density at radius 2 is 1.48 bits per heavy atom. The molecule has 0 atom stereocenters. The first-order valence-corrected chi connectivity index (χ1v) is 13.6. The van der Waals surface area contributed by atoms with Crippen molar-refractivity contribution in [2.24, 2.45) is 0 Å². The molecular weight excluding hydrogens is 525 g/mol. The molecule has 7 aromatic rings. The number of fused-ring (bicyclic) bond motifs is 2. The Morgan fingerprint density at radius 1 is 0.762 bits per heavy atom. The molecule has 0 N–H and O–H groups in total. The van der Waals surface area contributed by atoms with Gasteiger partial charge in [0.15, 0.2) is 0 Å². The minimum absolute atomic E-state index is 0.0153. The number of carbonyl (C=O) groups is 1. The lowest BCUT2D eigenvalue weighted by Crippen LogP contribution is -2.07. The Bertz CT molecular complexity index is 2060. The molecule has 42 heavy (non-hydrogen) atoms. The van der Waals surface area contributed by atoms with Crippen molar-refractivity contribution in [1.82, 2.24) is 14.8 Å². The molecule has 7 rings (SSSR count). The lowest BCUT2D eigenvalue weighted by Gasteiger charge is -2.12. The maximum Gasteiger partial charge on any atom is 0.339 e. The molecular formula is C36H24FN3O2. The highest BCUT2D eigenvalue weighted by atomic mass is 19.1. The molecule has 0 aliphatic carbocycles. The Hall–Kier alpha value is -5.62. The second-order valence-electron chi connectivity index (χ2n) is 9.97. The van der Waals surface area contributed by atoms with Crippen molar-refractivity contribution in [1.29, 1.82) is 0 Å². The molecule has 0 bridgehead atoms. The van der Waals surface area contributed by atoms with E-state index in [1.807, 2.05) is 85.1 Å². The maximum atomic E-state index is 13.7. The zero-order valence-electron chi connectivity index (χ0n) is 22.4. The molecule has 0 saturated heterocycles. The van der Waals surface area contributed by atoms with Crippen LogP contribution in [0.25, 0.3) is 49.9 Å². The van der Waals surface area contributed by atoms with Crippen LogP contribution in [0.15, 0.2) is 134 Å². The van der Waals surface area contributed by atoms with E-state index in [2.05, 4.69) is 18.2 Å². The number of hydrogen-bond donors (Lipinski definition) is 0. The molecule has 0 amide bonds. The van der Waals surface area contributed by atoms with Gasteiger partial charge in [0.1, 0.15) is 12.4 Å². The minimum atomic E-state index is -0.465. The predicted octanol–water partition coefficient (Wildman–Crippen LogP) is 8.40. The van der Waals surface area contributed by atoms with Crippen LogP contribution in [0.1, 0.15) is 15.9 Å². The number of pyridine rings is 1. The van der Waals surface area contributed by atoms with E-state index in [-0.39, 0.29) is 12.4 Å². The van der Waals surface area contributed by atoms with E-state index in [1.165, 1.54) is 12.1 Å². The van der Waals surface area contributed by atoms with E-state index in [1.54, 1.807) is 22.9 Å². The lowest BCUT2D eigenvalue weighted by molar-refractivity contribution is 0.0475. The highest BCUT2D eigenvalue weighted by Crippen LogP contribution is 2.31. The highest BCUT2D eigenvalue weighted by molar-refractivity contribution is 6.06. The summed E-state index contributed by atoms with van der Waals surface area (Å²) < 4.78 is 21.4. The summed E-state index contributed by atoms with van der Waals surface area (Å²) >= 11 is 0. The molecule has 6 heteroatoms. The molecule has 0 spiro atoms. The Balaban J connectivity index is 1.26. The molecule has 2 aromatic heterocycles. The number of aromatic nitrogens is 3. The number of esters is 1. The second kappa shape index (κ2) is 10.7. The Morgan fingerprint density at radius 3 is 2.31 bits per heavy atom. The number of para-hydroxylation sites is 2. The van der Waals surface area contributed by atoms with Crippen molar-refractivity contribution in [2.75, 3.05) is 0 Å². The van der Waals surface area contributed by atoms with E-state index >= 15 is 0 Å². The average molecular weight is 550 g/mol. The van der Waals surface area contributed by atoms with E-state index in [4.69, 9.17) is 14.8 Å². The third kappa shape index (κ3) is 4.80. The Labute approximate surface area is 241 Å². The first kappa shape index (κ1) is 25.4. The molecule has 5 aromatic carbocycles. The van der Waals surface area contributed by atoms with Gasteiger partial charge in [-0.2, -0.15) is 5.10 Å². The van der Waals surface area contributed by atoms with Gasteiger partial charge in [-0.05, 0) is 59.3 Å². The van der Waals surface area contributed by atoms with Crippen LogP contribution in [0.3, 0.4) is 0 Å². The summed E-state index contributed by atoms with van der Waals surface area (Å²) in [4.78, 5) is 18.6. The van der Waals surface area contributed by atoms with Gasteiger partial charge in [0.05, 0.1) is 28.2 Å². The van der Waals surface area contributed by atoms with Gasteiger partial charge >= 0.3 is 5.97 Å². The molecule has 0 aliphatic heterocycles. The SMILES string of the molecule is O=C(OCc1cn(-c2ccccc2)nc1-c1ccc(F)cc1)c1cc(-c2cccc3ccccc23)nc2ccccc12. The van der Waals surface area contributed by atoms with Crippen molar-refractivity contribution in [3.63, 3.8) is 0 Å². The molecule has 0 aliphatic rings. The van der Waals surface area contributed by atoms with Crippen LogP contribution < -0.4 is 0 Å². The smallest absolute Gasteiger partial charge is 0.339 e. The van der Waals surface area contributed by atoms with Gasteiger partial charge in [0.25, 0.3) is 0 Å². The van der Waals surface area contributed by atoms with Crippen LogP contribution in [0.5, 0.6) is 0 Å². The number of halogens is 1. The predicted molar refractivity (Wildman–Crippen MR) is 163 cm³/mol. The Kier molecular flexibility index (Phi) is 6.49. The van der Waals surface area contributed by atoms with Crippen LogP contribution in [0.4, 0.5) is 4.39 Å². The van der Waals surface area contributed by atoms with Gasteiger partial charge in [-0.25, -0.2) is 18.9 Å². The van der Waals surface area contributed by atoms with Crippen molar-refractivity contribution in [3.05, 3.63) is 151 Å². The summed E-state index contributed by atoms with van der Waals surface area (Å²) in [6, 6.07) is 39.4. The van der Waals surface area contributed by atoms with Crippen LogP contribution in [-0.4, -0.2) is 20.7 Å². The first-order chi connectivity index (χ1) is 20.6. The molecule has 202 valence electrons. The van der Waals surface area contributed by atoms with E-state index in [0.717, 1.165) is 27.6 Å². The van der Waals surface area contributed by atoms with E-state index < -0.39 is 5.97 Å². The largest absolute Gasteiger partial charge is 0.457 e. The van der Waals surface area contributed by atoms with Gasteiger partial charge in [-0.15, -0.1) is 0 Å². The molecule has 2 heterocycles. The third-order valence-electron chi connectivity index (χ3n) is 7.29. The first-order valence-electron chi connectivity index (χ1n) is 13.6. The monoisotopic (exact) mass is 549 g/mol. The number of nitrogens with zero attached hydrogens (tertiary/aromatic N) is 3. The molecule has 0 saturated carbocycles. The summed E-state index contributed by atoms with van der Waals surface area (Å²) in [6.07, 6.45) is 1.84. The number of rotatable bonds is 6. The van der Waals surface area contributed by atoms with Crippen LogP contribution in [-0.2, 0) is 11.3 Å². The van der Waals surface area contributed by atoms with Gasteiger partial charge < -0.3 is 4.74 Å². The van der Waals surface area contributed by atoms with Crippen molar-refractivity contribution in [3.8, 4) is 28.2 Å². The summed E-state index contributed by atoms with van der Waals surface area (Å²) in [6.45, 7) is -0.0153. The number of ether oxygens (including phenoxy) is 1. The summed E-state index contributed by atoms with van der Waals surface area (Å²) in [5.74, 6) is -0.798. The van der Waals surface area contributed by atoms with Gasteiger partial charge in [0.2, 0.25) is 0 Å². The number of benzene rings is 5. The third-order valence-corrected chi connectivity index (χ3v) is 7.29. The zero-order valence-corrected chi connectivity index (χ0v) is 22.4. The molecule has 0 radical (unpaired) electrons. The standard InChI is InChI=1S/C36H24FN3O2/c37-27-19-17-25(18-20-27)35-26(22-40(39-35)28-11-2-1-3-12-28)23-42-36(41)32-21-34(38-33-16-7-6-14-31(32)33)30-15-8-10-24-9-4-5-13-29(24)30/h1-22H,23H2. The van der Waals surface area contributed by atoms with Crippen LogP contribution in [0, 0.1) is 5.82 Å². The van der Waals surface area contributed by atoms with Crippen molar-refractivity contribution >= 4 is 27.6 Å². The van der Waals surface area contributed by atoms with E-state index in [9.17, 15) is 9.18 Å². The minimum Gasteiger partial charge on any atom is -0.457 e. The maximum absolute atomic E-state index is 13.7. The lowest BCUT2D eigenvalue weighted by atomic mass is 9.99. The van der Waals surface area contributed by atoms with Crippen molar-refractivity contribution in [2.45, 2.75) is 6.61 Å². The van der Waals surface area contributed by atoms with Crippen LogP contribution in [0.2, 0.25) is 0 Å². The number of hydrogen-bond acceptors (Lipinski definition) is 4. The van der Waals surface area contributed by atoms with Crippen LogP contribution >= 0.6 is 0 Å². The fourth-order valence-electron chi connectivity index (χ4n) is 5.23. The zero-order chi connectivity index (χ0) is 28.5. The quantitative estimate of drug-likeness (QED) is 0.196. The fourth-order valence-corrected chi connectivity index (χ4v) is 5.23. The van der Waals surface area contributed by atoms with E-state index in [0.29, 0.717) is 33.4 Å². The normalized spacial score (nSPS) is 11.2. The van der Waals surface area contributed by atoms with Gasteiger partial charge in [-0.3, -0.25) is 0 Å². The molecule has 0 fully saturated rings. The average Bonchev–Trinajstić information content (AvgIpc) is 3.48. The van der Waals surface area contributed by atoms with Gasteiger partial charge in [0, 0.05) is 28.3 Å². The summed E-state index contributed by atoms with van der Waals surface area (Å²) in [5, 5.41) is 7.62. The summed E-state index contributed by atoms with van der Waals surface area (Å²) in [7, 11) is 0. The second-order valence-corrected chi connectivity index (χ2v) is 9.97. The fraction of sp³-hybridized carbons (Fsp3) is 0.0278. The van der Waals surface area contributed by atoms with Crippen molar-refractivity contribution < 1.29 is 13.9 Å². The molecule has 5 nitrogen and oxygen atoms in total.